The van der Waals surface area contributed by atoms with E-state index >= 15 is 0 Å². The Balaban J connectivity index is 3.05. The molecule has 0 atom stereocenters. The second-order valence-corrected chi connectivity index (χ2v) is 3.97. The van der Waals surface area contributed by atoms with E-state index in [-0.39, 0.29) is 5.69 Å². The van der Waals surface area contributed by atoms with Crippen LogP contribution in [-0.2, 0) is 4.79 Å². The van der Waals surface area contributed by atoms with E-state index in [1.54, 1.807) is 12.2 Å². The lowest BCUT2D eigenvalue weighted by atomic mass is 10.1. The largest absolute Gasteiger partial charge is 0.496 e. The van der Waals surface area contributed by atoms with Gasteiger partial charge in [0.1, 0.15) is 5.75 Å². The number of rotatable bonds is 4. The van der Waals surface area contributed by atoms with Crippen LogP contribution in [0.25, 0.3) is 0 Å². The molecule has 106 valence electrons. The van der Waals surface area contributed by atoms with Crippen molar-refractivity contribution < 1.29 is 27.1 Å². The van der Waals surface area contributed by atoms with Crippen molar-refractivity contribution in [1.82, 2.24) is 0 Å². The quantitative estimate of drug-likeness (QED) is 0.860. The summed E-state index contributed by atoms with van der Waals surface area (Å²) < 4.78 is 54.8. The summed E-state index contributed by atoms with van der Waals surface area (Å²) in [5.74, 6) is -6.38. The van der Waals surface area contributed by atoms with Gasteiger partial charge in [-0.1, -0.05) is 6.07 Å². The minimum Gasteiger partial charge on any atom is -0.496 e. The highest BCUT2D eigenvalue weighted by molar-refractivity contribution is 5.97. The number of carbonyl (C=O) groups is 1. The predicted molar refractivity (Wildman–Crippen MR) is 62.0 cm³/mol. The zero-order valence-corrected chi connectivity index (χ0v) is 10.6. The number of halogens is 4. The van der Waals surface area contributed by atoms with Crippen molar-refractivity contribution in [2.45, 2.75) is 26.2 Å². The molecule has 0 bridgehead atoms. The zero-order chi connectivity index (χ0) is 14.8. The molecule has 0 saturated heterocycles. The van der Waals surface area contributed by atoms with E-state index in [1.165, 1.54) is 26.2 Å². The van der Waals surface area contributed by atoms with E-state index in [9.17, 15) is 22.4 Å². The normalized spacial score (nSPS) is 11.6. The summed E-state index contributed by atoms with van der Waals surface area (Å²) in [4.78, 5) is 11.1. The highest BCUT2D eigenvalue weighted by atomic mass is 19.3. The maximum Gasteiger partial charge on any atom is 0.383 e. The second kappa shape index (κ2) is 5.46. The minimum absolute atomic E-state index is 0.00720. The van der Waals surface area contributed by atoms with E-state index in [4.69, 9.17) is 4.74 Å². The number of hydrogen-bond acceptors (Lipinski definition) is 2. The Morgan fingerprint density at radius 3 is 2.37 bits per heavy atom. The molecule has 1 amide bonds. The molecule has 1 N–H and O–H groups in total. The summed E-state index contributed by atoms with van der Waals surface area (Å²) in [6, 6.07) is 2.88. The summed E-state index contributed by atoms with van der Waals surface area (Å²) >= 11 is 0. The third-order valence-corrected chi connectivity index (χ3v) is 2.63. The Labute approximate surface area is 107 Å². The standard InChI is InChI=1S/C12H13F4NO2/c1-6-4-5-8(7(2)9(6)19-3)17-11(18)12(15,16)10(13)14/h4-5,10H,1-3H3,(H,17,18). The molecule has 0 spiro atoms. The first kappa shape index (κ1) is 15.3. The van der Waals surface area contributed by atoms with Crippen molar-refractivity contribution in [3.8, 4) is 5.75 Å². The van der Waals surface area contributed by atoms with Crippen molar-refractivity contribution in [2.24, 2.45) is 0 Å². The number of methoxy groups -OCH3 is 1. The fraction of sp³-hybridized carbons (Fsp3) is 0.417. The molecule has 1 rings (SSSR count). The van der Waals surface area contributed by atoms with Crippen LogP contribution in [0.3, 0.4) is 0 Å². The van der Waals surface area contributed by atoms with Crippen molar-refractivity contribution >= 4 is 11.6 Å². The van der Waals surface area contributed by atoms with Gasteiger partial charge in [-0.3, -0.25) is 4.79 Å². The maximum atomic E-state index is 12.8. The fourth-order valence-corrected chi connectivity index (χ4v) is 1.58. The van der Waals surface area contributed by atoms with Gasteiger partial charge in [-0.25, -0.2) is 8.78 Å². The average molecular weight is 279 g/mol. The van der Waals surface area contributed by atoms with Crippen LogP contribution in [0.4, 0.5) is 23.2 Å². The molecule has 19 heavy (non-hydrogen) atoms. The van der Waals surface area contributed by atoms with Crippen LogP contribution < -0.4 is 10.1 Å². The van der Waals surface area contributed by atoms with Gasteiger partial charge >= 0.3 is 18.3 Å². The van der Waals surface area contributed by atoms with E-state index in [2.05, 4.69) is 0 Å². The Bertz CT molecular complexity index is 489. The highest BCUT2D eigenvalue weighted by Crippen LogP contribution is 2.31. The van der Waals surface area contributed by atoms with Gasteiger partial charge in [0.25, 0.3) is 0 Å². The molecule has 7 heteroatoms. The number of ether oxygens (including phenoxy) is 1. The van der Waals surface area contributed by atoms with Gasteiger partial charge in [0.15, 0.2) is 0 Å². The number of benzene rings is 1. The maximum absolute atomic E-state index is 12.8. The Morgan fingerprint density at radius 1 is 1.32 bits per heavy atom. The lowest BCUT2D eigenvalue weighted by molar-refractivity contribution is -0.163. The van der Waals surface area contributed by atoms with E-state index in [0.717, 1.165) is 5.56 Å². The molecular formula is C12H13F4NO2. The molecule has 0 aliphatic rings. The van der Waals surface area contributed by atoms with Crippen LogP contribution in [0.5, 0.6) is 5.75 Å². The van der Waals surface area contributed by atoms with Gasteiger partial charge in [0.2, 0.25) is 0 Å². The number of amides is 1. The monoisotopic (exact) mass is 279 g/mol. The smallest absolute Gasteiger partial charge is 0.383 e. The molecule has 0 aliphatic carbocycles. The highest BCUT2D eigenvalue weighted by Gasteiger charge is 2.49. The predicted octanol–water partition coefficient (Wildman–Crippen LogP) is 3.15. The molecule has 1 aromatic carbocycles. The Morgan fingerprint density at radius 2 is 1.89 bits per heavy atom. The molecule has 0 fully saturated rings. The first-order valence-corrected chi connectivity index (χ1v) is 5.33. The first-order chi connectivity index (χ1) is 8.71. The number of hydrogen-bond donors (Lipinski definition) is 1. The average Bonchev–Trinajstić information content (AvgIpc) is 2.33. The van der Waals surface area contributed by atoms with E-state index in [0.29, 0.717) is 11.3 Å². The molecular weight excluding hydrogens is 266 g/mol. The molecule has 0 aliphatic heterocycles. The van der Waals surface area contributed by atoms with Crippen molar-refractivity contribution in [1.29, 1.82) is 0 Å². The Kier molecular flexibility index (Phi) is 4.39. The van der Waals surface area contributed by atoms with Gasteiger partial charge in [-0.05, 0) is 25.5 Å². The third-order valence-electron chi connectivity index (χ3n) is 2.63. The summed E-state index contributed by atoms with van der Waals surface area (Å²) in [7, 11) is 1.38. The fourth-order valence-electron chi connectivity index (χ4n) is 1.58. The number of alkyl halides is 4. The first-order valence-electron chi connectivity index (χ1n) is 5.33. The van der Waals surface area contributed by atoms with Gasteiger partial charge in [0.05, 0.1) is 7.11 Å². The van der Waals surface area contributed by atoms with Gasteiger partial charge in [0, 0.05) is 11.3 Å². The van der Waals surface area contributed by atoms with E-state index < -0.39 is 18.3 Å². The molecule has 0 radical (unpaired) electrons. The van der Waals surface area contributed by atoms with Crippen molar-refractivity contribution in [3.05, 3.63) is 23.3 Å². The van der Waals surface area contributed by atoms with Crippen LogP contribution in [0.15, 0.2) is 12.1 Å². The van der Waals surface area contributed by atoms with Crippen molar-refractivity contribution in [3.63, 3.8) is 0 Å². The van der Waals surface area contributed by atoms with Gasteiger partial charge in [-0.15, -0.1) is 0 Å². The SMILES string of the molecule is COc1c(C)ccc(NC(=O)C(F)(F)C(F)F)c1C. The lowest BCUT2D eigenvalue weighted by Crippen LogP contribution is -2.41. The van der Waals surface area contributed by atoms with Crippen LogP contribution >= 0.6 is 0 Å². The number of carbonyl (C=O) groups excluding carboxylic acids is 1. The molecule has 0 heterocycles. The minimum atomic E-state index is -4.73. The lowest BCUT2D eigenvalue weighted by Gasteiger charge is -2.17. The summed E-state index contributed by atoms with van der Waals surface area (Å²) in [5, 5.41) is 1.78. The van der Waals surface area contributed by atoms with Gasteiger partial charge < -0.3 is 10.1 Å². The summed E-state index contributed by atoms with van der Waals surface area (Å²) in [5.41, 5.74) is 1.13. The molecule has 0 unspecified atom stereocenters. The van der Waals surface area contributed by atoms with Crippen molar-refractivity contribution in [2.75, 3.05) is 12.4 Å². The topological polar surface area (TPSA) is 38.3 Å². The molecule has 3 nitrogen and oxygen atoms in total. The van der Waals surface area contributed by atoms with Gasteiger partial charge in [-0.2, -0.15) is 8.78 Å². The van der Waals surface area contributed by atoms with Crippen LogP contribution in [0, 0.1) is 13.8 Å². The molecule has 1 aromatic rings. The summed E-state index contributed by atoms with van der Waals surface area (Å²) in [6.45, 7) is 3.26. The zero-order valence-electron chi connectivity index (χ0n) is 10.6. The van der Waals surface area contributed by atoms with Crippen LogP contribution in [0.1, 0.15) is 11.1 Å². The third kappa shape index (κ3) is 2.97. The number of aryl methyl sites for hydroxylation is 1. The van der Waals surface area contributed by atoms with E-state index in [1.807, 2.05) is 0 Å². The Hall–Kier alpha value is -1.79. The second-order valence-electron chi connectivity index (χ2n) is 3.97. The number of anilines is 1. The molecule has 0 saturated carbocycles. The van der Waals surface area contributed by atoms with Crippen LogP contribution in [0.2, 0.25) is 0 Å². The summed E-state index contributed by atoms with van der Waals surface area (Å²) in [6.07, 6.45) is -4.06. The number of nitrogens with one attached hydrogen (secondary N) is 1. The van der Waals surface area contributed by atoms with Crippen LogP contribution in [-0.4, -0.2) is 25.4 Å². The molecule has 0 aromatic heterocycles.